The van der Waals surface area contributed by atoms with Gasteiger partial charge in [-0.3, -0.25) is 9.59 Å². The number of halogens is 3. The summed E-state index contributed by atoms with van der Waals surface area (Å²) in [5.41, 5.74) is 3.66. The Hall–Kier alpha value is -2.65. The second-order valence-corrected chi connectivity index (χ2v) is 6.49. The Balaban J connectivity index is 2.17. The average molecular weight is 400 g/mol. The lowest BCUT2D eigenvalue weighted by atomic mass is 10.1. The molecule has 10 heteroatoms. The second-order valence-electron chi connectivity index (χ2n) is 6.49. The number of amides is 1. The highest BCUT2D eigenvalue weighted by Crippen LogP contribution is 2.20. The van der Waals surface area contributed by atoms with E-state index in [1.165, 1.54) is 0 Å². The van der Waals surface area contributed by atoms with Gasteiger partial charge in [0.2, 0.25) is 5.91 Å². The Bertz CT molecular complexity index is 877. The maximum atomic E-state index is 12.8. The van der Waals surface area contributed by atoms with Gasteiger partial charge >= 0.3 is 12.1 Å². The number of carbonyl (C=O) groups excluding carboxylic acids is 2. The predicted molar refractivity (Wildman–Crippen MR) is 94.8 cm³/mol. The van der Waals surface area contributed by atoms with Crippen molar-refractivity contribution in [1.29, 1.82) is 0 Å². The van der Waals surface area contributed by atoms with Crippen LogP contribution in [0.5, 0.6) is 0 Å². The normalized spacial score (nSPS) is 11.7. The predicted octanol–water partition coefficient (Wildman–Crippen LogP) is 2.54. The van der Waals surface area contributed by atoms with Crippen molar-refractivity contribution in [2.45, 2.75) is 46.7 Å². The Morgan fingerprint density at radius 3 is 2.54 bits per heavy atom. The van der Waals surface area contributed by atoms with E-state index >= 15 is 0 Å². The highest BCUT2D eigenvalue weighted by atomic mass is 19.4. The molecule has 2 aromatic heterocycles. The maximum Gasteiger partial charge on any atom is 0.406 e. The first-order valence-electron chi connectivity index (χ1n) is 8.84. The zero-order valence-corrected chi connectivity index (χ0v) is 16.3. The van der Waals surface area contributed by atoms with Crippen LogP contribution >= 0.6 is 0 Å². The van der Waals surface area contributed by atoms with Crippen molar-refractivity contribution >= 4 is 17.5 Å². The van der Waals surface area contributed by atoms with Crippen molar-refractivity contribution in [3.8, 4) is 0 Å². The summed E-state index contributed by atoms with van der Waals surface area (Å²) in [6.45, 7) is 4.76. The number of alkyl halides is 3. The van der Waals surface area contributed by atoms with Gasteiger partial charge in [0.25, 0.3) is 0 Å². The molecule has 0 saturated carbocycles. The second kappa shape index (κ2) is 8.57. The third kappa shape index (κ3) is 5.43. The molecular formula is C18H23F3N4O3. The number of fused-ring (bicyclic) bond motifs is 1. The summed E-state index contributed by atoms with van der Waals surface area (Å²) in [5.74, 6) is -1.65. The van der Waals surface area contributed by atoms with Gasteiger partial charge < -0.3 is 9.64 Å². The van der Waals surface area contributed by atoms with Crippen LogP contribution in [0.15, 0.2) is 6.07 Å². The molecule has 0 saturated heterocycles. The van der Waals surface area contributed by atoms with Crippen molar-refractivity contribution in [2.75, 3.05) is 19.7 Å². The van der Waals surface area contributed by atoms with Gasteiger partial charge in [0.05, 0.1) is 12.3 Å². The van der Waals surface area contributed by atoms with Crippen LogP contribution in [-0.2, 0) is 20.7 Å². The number of ether oxygens (including phenoxy) is 1. The fourth-order valence-electron chi connectivity index (χ4n) is 3.00. The zero-order valence-electron chi connectivity index (χ0n) is 16.3. The van der Waals surface area contributed by atoms with Crippen LogP contribution in [0.4, 0.5) is 13.2 Å². The minimum absolute atomic E-state index is 0.0280. The monoisotopic (exact) mass is 400 g/mol. The molecule has 0 aliphatic heterocycles. The van der Waals surface area contributed by atoms with E-state index in [-0.39, 0.29) is 19.4 Å². The van der Waals surface area contributed by atoms with Crippen LogP contribution in [0.2, 0.25) is 0 Å². The topological polar surface area (TPSA) is 76.8 Å². The zero-order chi connectivity index (χ0) is 21.1. The number of aromatic nitrogens is 3. The summed E-state index contributed by atoms with van der Waals surface area (Å²) in [4.78, 5) is 28.9. The minimum atomic E-state index is -4.61. The molecule has 2 heterocycles. The van der Waals surface area contributed by atoms with E-state index in [4.69, 9.17) is 0 Å². The SMILES string of the molecule is CCOC(=O)CN(CC(F)(F)F)C(=O)CCc1c(C)nc2cc(C)nn2c1C. The van der Waals surface area contributed by atoms with Crippen LogP contribution in [0.1, 0.15) is 36.0 Å². The molecule has 0 spiro atoms. The fraction of sp³-hybridized carbons (Fsp3) is 0.556. The van der Waals surface area contributed by atoms with E-state index in [9.17, 15) is 22.8 Å². The van der Waals surface area contributed by atoms with Crippen LogP contribution < -0.4 is 0 Å². The number of carbonyl (C=O) groups is 2. The van der Waals surface area contributed by atoms with Gasteiger partial charge in [-0.2, -0.15) is 18.3 Å². The lowest BCUT2D eigenvalue weighted by Gasteiger charge is -2.23. The smallest absolute Gasteiger partial charge is 0.406 e. The van der Waals surface area contributed by atoms with Crippen LogP contribution in [0.3, 0.4) is 0 Å². The molecule has 0 atom stereocenters. The minimum Gasteiger partial charge on any atom is -0.465 e. The first kappa shape index (κ1) is 21.6. The lowest BCUT2D eigenvalue weighted by molar-refractivity contribution is -0.167. The third-order valence-corrected chi connectivity index (χ3v) is 4.22. The van der Waals surface area contributed by atoms with Gasteiger partial charge in [0.15, 0.2) is 5.65 Å². The highest BCUT2D eigenvalue weighted by molar-refractivity contribution is 5.82. The van der Waals surface area contributed by atoms with E-state index in [1.54, 1.807) is 18.4 Å². The Kier molecular flexibility index (Phi) is 6.63. The molecular weight excluding hydrogens is 377 g/mol. The van der Waals surface area contributed by atoms with Gasteiger partial charge in [-0.1, -0.05) is 0 Å². The van der Waals surface area contributed by atoms with Crippen LogP contribution in [-0.4, -0.2) is 57.2 Å². The molecule has 0 N–H and O–H groups in total. The molecule has 7 nitrogen and oxygen atoms in total. The number of nitrogens with zero attached hydrogens (tertiary/aromatic N) is 4. The Morgan fingerprint density at radius 2 is 1.93 bits per heavy atom. The van der Waals surface area contributed by atoms with Crippen molar-refractivity contribution in [1.82, 2.24) is 19.5 Å². The molecule has 2 rings (SSSR count). The van der Waals surface area contributed by atoms with Crippen LogP contribution in [0, 0.1) is 20.8 Å². The largest absolute Gasteiger partial charge is 0.465 e. The van der Waals surface area contributed by atoms with Gasteiger partial charge in [-0.25, -0.2) is 9.50 Å². The number of rotatable bonds is 7. The summed E-state index contributed by atoms with van der Waals surface area (Å²) in [6.07, 6.45) is -4.61. The maximum absolute atomic E-state index is 12.8. The van der Waals surface area contributed by atoms with E-state index in [0.29, 0.717) is 16.2 Å². The highest BCUT2D eigenvalue weighted by Gasteiger charge is 2.34. The van der Waals surface area contributed by atoms with Crippen molar-refractivity contribution < 1.29 is 27.5 Å². The molecule has 0 bridgehead atoms. The summed E-state index contributed by atoms with van der Waals surface area (Å²) < 4.78 is 44.7. The van der Waals surface area contributed by atoms with Gasteiger partial charge in [0, 0.05) is 23.9 Å². The fourth-order valence-corrected chi connectivity index (χ4v) is 3.00. The first-order chi connectivity index (χ1) is 13.0. The molecule has 0 aliphatic carbocycles. The molecule has 0 fully saturated rings. The Labute approximate surface area is 160 Å². The molecule has 154 valence electrons. The number of esters is 1. The quantitative estimate of drug-likeness (QED) is 0.668. The van der Waals surface area contributed by atoms with E-state index in [0.717, 1.165) is 17.0 Å². The number of hydrogen-bond acceptors (Lipinski definition) is 5. The lowest BCUT2D eigenvalue weighted by Crippen LogP contribution is -2.42. The van der Waals surface area contributed by atoms with E-state index in [2.05, 4.69) is 14.8 Å². The molecule has 0 radical (unpaired) electrons. The van der Waals surface area contributed by atoms with Crippen molar-refractivity contribution in [3.63, 3.8) is 0 Å². The van der Waals surface area contributed by atoms with Gasteiger partial charge in [-0.15, -0.1) is 0 Å². The van der Waals surface area contributed by atoms with Crippen LogP contribution in [0.25, 0.3) is 5.65 Å². The molecule has 1 amide bonds. The molecule has 0 aromatic carbocycles. The molecule has 2 aromatic rings. The van der Waals surface area contributed by atoms with Gasteiger partial charge in [-0.05, 0) is 39.7 Å². The standard InChI is InChI=1S/C18H23F3N4O3/c1-5-28-17(27)9-24(10-18(19,20)21)16(26)7-6-14-12(3)22-15-8-11(2)23-25(15)13(14)4/h8H,5-7,9-10H2,1-4H3. The number of aryl methyl sites for hydroxylation is 3. The van der Waals surface area contributed by atoms with Gasteiger partial charge in [0.1, 0.15) is 13.1 Å². The van der Waals surface area contributed by atoms with E-state index in [1.807, 2.05) is 19.9 Å². The third-order valence-electron chi connectivity index (χ3n) is 4.22. The number of hydrogen-bond donors (Lipinski definition) is 0. The Morgan fingerprint density at radius 1 is 1.25 bits per heavy atom. The molecule has 28 heavy (non-hydrogen) atoms. The summed E-state index contributed by atoms with van der Waals surface area (Å²) in [7, 11) is 0. The summed E-state index contributed by atoms with van der Waals surface area (Å²) in [5, 5.41) is 4.33. The average Bonchev–Trinajstić information content (AvgIpc) is 2.93. The summed E-state index contributed by atoms with van der Waals surface area (Å²) >= 11 is 0. The van der Waals surface area contributed by atoms with Crippen molar-refractivity contribution in [2.24, 2.45) is 0 Å². The summed E-state index contributed by atoms with van der Waals surface area (Å²) in [6, 6.07) is 1.82. The first-order valence-corrected chi connectivity index (χ1v) is 8.84. The molecule has 0 aliphatic rings. The van der Waals surface area contributed by atoms with E-state index < -0.39 is 31.1 Å². The molecule has 0 unspecified atom stereocenters. The van der Waals surface area contributed by atoms with Crippen molar-refractivity contribution in [3.05, 3.63) is 28.7 Å².